The Hall–Kier alpha value is -2.63. The lowest BCUT2D eigenvalue weighted by molar-refractivity contribution is 0.0526. The van der Waals surface area contributed by atoms with Crippen molar-refractivity contribution in [2.45, 2.75) is 6.92 Å². The van der Waals surface area contributed by atoms with Crippen molar-refractivity contribution in [3.05, 3.63) is 41.9 Å². The summed E-state index contributed by atoms with van der Waals surface area (Å²) in [7, 11) is 0. The van der Waals surface area contributed by atoms with E-state index in [0.717, 1.165) is 5.56 Å². The number of hydrogen-bond donors (Lipinski definition) is 2. The molecular weight excluding hydrogens is 248 g/mol. The van der Waals surface area contributed by atoms with Crippen molar-refractivity contribution < 1.29 is 19.4 Å². The largest absolute Gasteiger partial charge is 0.475 e. The number of imidazole rings is 1. The van der Waals surface area contributed by atoms with Gasteiger partial charge in [0, 0.05) is 0 Å². The first-order valence-electron chi connectivity index (χ1n) is 5.67. The maximum absolute atomic E-state index is 11.5. The second-order valence-corrected chi connectivity index (χ2v) is 3.75. The number of carbonyl (C=O) groups is 2. The predicted molar refractivity (Wildman–Crippen MR) is 66.9 cm³/mol. The van der Waals surface area contributed by atoms with Crippen molar-refractivity contribution in [3.8, 4) is 11.3 Å². The minimum Gasteiger partial charge on any atom is -0.475 e. The Bertz CT molecular complexity index is 601. The summed E-state index contributed by atoms with van der Waals surface area (Å²) in [4.78, 5) is 28.6. The number of ether oxygens (including phenoxy) is 1. The molecule has 2 rings (SSSR count). The molecular formula is C13H12N2O4. The topological polar surface area (TPSA) is 92.3 Å². The minimum absolute atomic E-state index is 0.121. The summed E-state index contributed by atoms with van der Waals surface area (Å²) >= 11 is 0. The van der Waals surface area contributed by atoms with Crippen LogP contribution in [-0.2, 0) is 4.74 Å². The SMILES string of the molecule is CCOC(=O)c1ccc(-c2cnc(C(=O)O)[nH]2)cc1. The number of hydrogen-bond acceptors (Lipinski definition) is 4. The second kappa shape index (κ2) is 5.34. The maximum Gasteiger partial charge on any atom is 0.371 e. The average Bonchev–Trinajstić information content (AvgIpc) is 2.89. The van der Waals surface area contributed by atoms with Crippen LogP contribution in [0.3, 0.4) is 0 Å². The Balaban J connectivity index is 2.22. The van der Waals surface area contributed by atoms with Crippen molar-refractivity contribution >= 4 is 11.9 Å². The molecule has 0 amide bonds. The van der Waals surface area contributed by atoms with E-state index in [-0.39, 0.29) is 11.8 Å². The van der Waals surface area contributed by atoms with E-state index in [1.807, 2.05) is 0 Å². The number of aromatic carboxylic acids is 1. The highest BCUT2D eigenvalue weighted by atomic mass is 16.5. The molecule has 0 fully saturated rings. The fourth-order valence-electron chi connectivity index (χ4n) is 1.58. The van der Waals surface area contributed by atoms with Gasteiger partial charge in [0.25, 0.3) is 0 Å². The number of carbonyl (C=O) groups excluding carboxylic acids is 1. The number of carboxylic acids is 1. The maximum atomic E-state index is 11.5. The van der Waals surface area contributed by atoms with Gasteiger partial charge < -0.3 is 14.8 Å². The number of benzene rings is 1. The van der Waals surface area contributed by atoms with Crippen molar-refractivity contribution in [1.82, 2.24) is 9.97 Å². The molecule has 0 saturated carbocycles. The summed E-state index contributed by atoms with van der Waals surface area (Å²) in [5.41, 5.74) is 1.77. The van der Waals surface area contributed by atoms with Crippen LogP contribution in [0.1, 0.15) is 27.9 Å². The smallest absolute Gasteiger partial charge is 0.371 e. The van der Waals surface area contributed by atoms with Crippen LogP contribution < -0.4 is 0 Å². The molecule has 1 heterocycles. The Labute approximate surface area is 109 Å². The molecule has 0 aliphatic carbocycles. The number of carboxylic acid groups (broad SMARTS) is 1. The first-order chi connectivity index (χ1) is 9.11. The van der Waals surface area contributed by atoms with Gasteiger partial charge in [-0.15, -0.1) is 0 Å². The van der Waals surface area contributed by atoms with Gasteiger partial charge in [-0.05, 0) is 24.6 Å². The lowest BCUT2D eigenvalue weighted by Crippen LogP contribution is -2.04. The Morgan fingerprint density at radius 2 is 2.00 bits per heavy atom. The summed E-state index contributed by atoms with van der Waals surface area (Å²) in [6, 6.07) is 6.64. The van der Waals surface area contributed by atoms with Gasteiger partial charge in [0.15, 0.2) is 0 Å². The van der Waals surface area contributed by atoms with Crippen molar-refractivity contribution in [2.75, 3.05) is 6.61 Å². The summed E-state index contributed by atoms with van der Waals surface area (Å²) in [6.45, 7) is 2.06. The third-order valence-corrected chi connectivity index (χ3v) is 2.49. The van der Waals surface area contributed by atoms with Crippen LogP contribution in [0.15, 0.2) is 30.5 Å². The number of nitrogens with zero attached hydrogens (tertiary/aromatic N) is 1. The molecule has 1 aromatic heterocycles. The van der Waals surface area contributed by atoms with Gasteiger partial charge in [-0.2, -0.15) is 0 Å². The molecule has 98 valence electrons. The zero-order valence-corrected chi connectivity index (χ0v) is 10.2. The van der Waals surface area contributed by atoms with E-state index in [9.17, 15) is 9.59 Å². The molecule has 0 aliphatic heterocycles. The quantitative estimate of drug-likeness (QED) is 0.820. The second-order valence-electron chi connectivity index (χ2n) is 3.75. The van der Waals surface area contributed by atoms with Gasteiger partial charge >= 0.3 is 11.9 Å². The van der Waals surface area contributed by atoms with Crippen LogP contribution in [-0.4, -0.2) is 33.6 Å². The number of aromatic amines is 1. The number of rotatable bonds is 4. The highest BCUT2D eigenvalue weighted by molar-refractivity contribution is 5.90. The Morgan fingerprint density at radius 3 is 2.53 bits per heavy atom. The molecule has 2 N–H and O–H groups in total. The van der Waals surface area contributed by atoms with Gasteiger partial charge in [-0.25, -0.2) is 14.6 Å². The monoisotopic (exact) mass is 260 g/mol. The van der Waals surface area contributed by atoms with Gasteiger partial charge in [-0.1, -0.05) is 12.1 Å². The normalized spacial score (nSPS) is 10.2. The number of aromatic nitrogens is 2. The van der Waals surface area contributed by atoms with Gasteiger partial charge in [0.05, 0.1) is 24.1 Å². The molecule has 0 aliphatic rings. The van der Waals surface area contributed by atoms with Gasteiger partial charge in [-0.3, -0.25) is 0 Å². The van der Waals surface area contributed by atoms with Crippen molar-refractivity contribution in [2.24, 2.45) is 0 Å². The average molecular weight is 260 g/mol. The molecule has 0 bridgehead atoms. The molecule has 2 aromatic rings. The van der Waals surface area contributed by atoms with E-state index in [2.05, 4.69) is 9.97 Å². The molecule has 0 radical (unpaired) electrons. The van der Waals surface area contributed by atoms with Crippen molar-refractivity contribution in [1.29, 1.82) is 0 Å². The van der Waals surface area contributed by atoms with E-state index in [0.29, 0.717) is 17.9 Å². The molecule has 6 heteroatoms. The summed E-state index contributed by atoms with van der Waals surface area (Å²) in [5.74, 6) is -1.62. The number of H-pyrrole nitrogens is 1. The van der Waals surface area contributed by atoms with Crippen LogP contribution in [0.25, 0.3) is 11.3 Å². The van der Waals surface area contributed by atoms with Crippen molar-refractivity contribution in [3.63, 3.8) is 0 Å². The molecule has 0 atom stereocenters. The summed E-state index contributed by atoms with van der Waals surface area (Å²) in [6.07, 6.45) is 1.43. The molecule has 6 nitrogen and oxygen atoms in total. The summed E-state index contributed by atoms with van der Waals surface area (Å²) < 4.78 is 4.87. The molecule has 1 aromatic carbocycles. The third kappa shape index (κ3) is 2.79. The first kappa shape index (κ1) is 12.8. The molecule has 0 saturated heterocycles. The fourth-order valence-corrected chi connectivity index (χ4v) is 1.58. The number of esters is 1. The predicted octanol–water partition coefficient (Wildman–Crippen LogP) is 1.95. The minimum atomic E-state index is -1.12. The zero-order chi connectivity index (χ0) is 13.8. The highest BCUT2D eigenvalue weighted by Crippen LogP contribution is 2.18. The van der Waals surface area contributed by atoms with Crippen LogP contribution >= 0.6 is 0 Å². The van der Waals surface area contributed by atoms with Crippen LogP contribution in [0.5, 0.6) is 0 Å². The van der Waals surface area contributed by atoms with Gasteiger partial charge in [0.2, 0.25) is 5.82 Å². The van der Waals surface area contributed by atoms with E-state index in [4.69, 9.17) is 9.84 Å². The van der Waals surface area contributed by atoms with Crippen LogP contribution in [0, 0.1) is 0 Å². The lowest BCUT2D eigenvalue weighted by Gasteiger charge is -2.02. The van der Waals surface area contributed by atoms with E-state index >= 15 is 0 Å². The van der Waals surface area contributed by atoms with Gasteiger partial charge in [0.1, 0.15) is 0 Å². The molecule has 0 unspecified atom stereocenters. The molecule has 0 spiro atoms. The van der Waals surface area contributed by atoms with Crippen LogP contribution in [0.4, 0.5) is 0 Å². The van der Waals surface area contributed by atoms with E-state index < -0.39 is 5.97 Å². The Kier molecular flexibility index (Phi) is 3.61. The number of nitrogens with one attached hydrogen (secondary N) is 1. The van der Waals surface area contributed by atoms with Crippen LogP contribution in [0.2, 0.25) is 0 Å². The fraction of sp³-hybridized carbons (Fsp3) is 0.154. The third-order valence-electron chi connectivity index (χ3n) is 2.49. The standard InChI is InChI=1S/C13H12N2O4/c1-2-19-13(18)9-5-3-8(4-6-9)10-7-14-11(15-10)12(16)17/h3-7H,2H2,1H3,(H,14,15)(H,16,17). The highest BCUT2D eigenvalue weighted by Gasteiger charge is 2.10. The Morgan fingerprint density at radius 1 is 1.32 bits per heavy atom. The van der Waals surface area contributed by atoms with E-state index in [1.165, 1.54) is 6.20 Å². The summed E-state index contributed by atoms with van der Waals surface area (Å²) in [5, 5.41) is 8.77. The first-order valence-corrected chi connectivity index (χ1v) is 5.67. The molecule has 19 heavy (non-hydrogen) atoms. The lowest BCUT2D eigenvalue weighted by atomic mass is 10.1. The van der Waals surface area contributed by atoms with E-state index in [1.54, 1.807) is 31.2 Å². The zero-order valence-electron chi connectivity index (χ0n) is 10.2.